The lowest BCUT2D eigenvalue weighted by Crippen LogP contribution is -2.01. The lowest BCUT2D eigenvalue weighted by Gasteiger charge is -2.08. The molecule has 3 aromatic rings. The molecule has 1 N–H and O–H groups in total. The first kappa shape index (κ1) is 15.5. The Morgan fingerprint density at radius 3 is 2.13 bits per heavy atom. The molecule has 0 atom stereocenters. The monoisotopic (exact) mass is 322 g/mol. The zero-order valence-electron chi connectivity index (χ0n) is 12.7. The molecule has 2 nitrogen and oxygen atoms in total. The minimum atomic E-state index is 0.325. The van der Waals surface area contributed by atoms with Crippen molar-refractivity contribution in [2.45, 2.75) is 16.2 Å². The van der Waals surface area contributed by atoms with Crippen molar-refractivity contribution >= 4 is 11.8 Å². The van der Waals surface area contributed by atoms with Gasteiger partial charge in [-0.25, -0.2) is 0 Å². The highest BCUT2D eigenvalue weighted by molar-refractivity contribution is 7.99. The van der Waals surface area contributed by atoms with Crippen LogP contribution in [0.3, 0.4) is 0 Å². The Balaban J connectivity index is 1.53. The minimum absolute atomic E-state index is 0.325. The van der Waals surface area contributed by atoms with Gasteiger partial charge in [-0.15, -0.1) is 0 Å². The van der Waals surface area contributed by atoms with Crippen molar-refractivity contribution in [2.75, 3.05) is 6.61 Å². The van der Waals surface area contributed by atoms with Crippen molar-refractivity contribution in [2.24, 2.45) is 0 Å². The molecule has 23 heavy (non-hydrogen) atoms. The van der Waals surface area contributed by atoms with E-state index in [4.69, 9.17) is 4.74 Å². The number of hydrogen-bond donors (Lipinski definition) is 1. The molecule has 0 bridgehead atoms. The standard InChI is InChI=1S/C20H18O2S/c21-20-9-5-4-6-16(20)14-15-22-17-10-12-19(13-11-17)23-18-7-2-1-3-8-18/h1-13,21H,14-15H2. The highest BCUT2D eigenvalue weighted by atomic mass is 32.2. The summed E-state index contributed by atoms with van der Waals surface area (Å²) >= 11 is 1.73. The fourth-order valence-electron chi connectivity index (χ4n) is 2.23. The van der Waals surface area contributed by atoms with Crippen LogP contribution in [0.1, 0.15) is 5.56 Å². The molecule has 0 fully saturated rings. The van der Waals surface area contributed by atoms with E-state index >= 15 is 0 Å². The third-order valence-electron chi connectivity index (χ3n) is 3.43. The van der Waals surface area contributed by atoms with Crippen molar-refractivity contribution in [3.8, 4) is 11.5 Å². The maximum atomic E-state index is 9.73. The number of rotatable bonds is 6. The molecule has 116 valence electrons. The SMILES string of the molecule is Oc1ccccc1CCOc1ccc(Sc2ccccc2)cc1. The van der Waals surface area contributed by atoms with Gasteiger partial charge in [0.05, 0.1) is 6.61 Å². The van der Waals surface area contributed by atoms with Crippen LogP contribution in [-0.4, -0.2) is 11.7 Å². The number of ether oxygens (including phenoxy) is 1. The van der Waals surface area contributed by atoms with Crippen LogP contribution in [0.4, 0.5) is 0 Å². The van der Waals surface area contributed by atoms with Gasteiger partial charge in [0.15, 0.2) is 0 Å². The van der Waals surface area contributed by atoms with Gasteiger partial charge in [0.25, 0.3) is 0 Å². The molecule has 0 saturated heterocycles. The summed E-state index contributed by atoms with van der Waals surface area (Å²) in [6, 6.07) is 25.7. The number of phenolic OH excluding ortho intramolecular Hbond substituents is 1. The Labute approximate surface area is 140 Å². The Kier molecular flexibility index (Phi) is 5.22. The summed E-state index contributed by atoms with van der Waals surface area (Å²) in [4.78, 5) is 2.41. The van der Waals surface area contributed by atoms with Crippen LogP contribution >= 0.6 is 11.8 Å². The first-order valence-corrected chi connectivity index (χ1v) is 8.35. The molecule has 3 heteroatoms. The third kappa shape index (κ3) is 4.54. The molecular formula is C20H18O2S. The molecule has 0 spiro atoms. The van der Waals surface area contributed by atoms with E-state index in [0.29, 0.717) is 18.8 Å². The van der Waals surface area contributed by atoms with Crippen LogP contribution in [0.15, 0.2) is 88.7 Å². The fourth-order valence-corrected chi connectivity index (χ4v) is 3.07. The maximum Gasteiger partial charge on any atom is 0.119 e. The van der Waals surface area contributed by atoms with E-state index in [1.165, 1.54) is 9.79 Å². The number of benzene rings is 3. The Bertz CT molecular complexity index is 739. The van der Waals surface area contributed by atoms with E-state index in [1.54, 1.807) is 17.8 Å². The number of para-hydroxylation sites is 1. The average Bonchev–Trinajstić information content (AvgIpc) is 2.59. The van der Waals surface area contributed by atoms with Gasteiger partial charge in [-0.2, -0.15) is 0 Å². The maximum absolute atomic E-state index is 9.73. The molecule has 0 amide bonds. The van der Waals surface area contributed by atoms with Gasteiger partial charge in [0, 0.05) is 16.2 Å². The predicted octanol–water partition coefficient (Wildman–Crippen LogP) is 5.16. The Morgan fingerprint density at radius 1 is 0.739 bits per heavy atom. The van der Waals surface area contributed by atoms with E-state index in [2.05, 4.69) is 24.3 Å². The molecule has 0 saturated carbocycles. The van der Waals surface area contributed by atoms with E-state index in [0.717, 1.165) is 11.3 Å². The summed E-state index contributed by atoms with van der Waals surface area (Å²) in [6.07, 6.45) is 0.688. The van der Waals surface area contributed by atoms with Crippen LogP contribution in [0.5, 0.6) is 11.5 Å². The van der Waals surface area contributed by atoms with Gasteiger partial charge >= 0.3 is 0 Å². The van der Waals surface area contributed by atoms with Crippen molar-refractivity contribution in [3.05, 3.63) is 84.4 Å². The Morgan fingerprint density at radius 2 is 1.39 bits per heavy atom. The molecule has 0 unspecified atom stereocenters. The van der Waals surface area contributed by atoms with E-state index < -0.39 is 0 Å². The van der Waals surface area contributed by atoms with Gasteiger partial charge in [-0.1, -0.05) is 48.2 Å². The van der Waals surface area contributed by atoms with Crippen LogP contribution in [0, 0.1) is 0 Å². The lowest BCUT2D eigenvalue weighted by atomic mass is 10.1. The first-order chi connectivity index (χ1) is 11.3. The fraction of sp³-hybridized carbons (Fsp3) is 0.100. The molecular weight excluding hydrogens is 304 g/mol. The second-order valence-electron chi connectivity index (χ2n) is 5.11. The van der Waals surface area contributed by atoms with Crippen molar-refractivity contribution < 1.29 is 9.84 Å². The third-order valence-corrected chi connectivity index (χ3v) is 4.45. The zero-order chi connectivity index (χ0) is 15.9. The van der Waals surface area contributed by atoms with Gasteiger partial charge in [-0.05, 0) is 48.0 Å². The second kappa shape index (κ2) is 7.75. The normalized spacial score (nSPS) is 10.4. The smallest absolute Gasteiger partial charge is 0.119 e. The molecule has 3 rings (SSSR count). The van der Waals surface area contributed by atoms with Crippen molar-refractivity contribution in [3.63, 3.8) is 0 Å². The van der Waals surface area contributed by atoms with E-state index in [9.17, 15) is 5.11 Å². The van der Waals surface area contributed by atoms with E-state index in [-0.39, 0.29) is 0 Å². The Hall–Kier alpha value is -2.39. The molecule has 3 aromatic carbocycles. The number of phenols is 1. The minimum Gasteiger partial charge on any atom is -0.508 e. The summed E-state index contributed by atoms with van der Waals surface area (Å²) in [5.74, 6) is 1.17. The van der Waals surface area contributed by atoms with Gasteiger partial charge in [-0.3, -0.25) is 0 Å². The van der Waals surface area contributed by atoms with Gasteiger partial charge in [0.1, 0.15) is 11.5 Å². The molecule has 0 aliphatic rings. The van der Waals surface area contributed by atoms with Crippen molar-refractivity contribution in [1.82, 2.24) is 0 Å². The molecule has 0 radical (unpaired) electrons. The summed E-state index contributed by atoms with van der Waals surface area (Å²) in [5, 5.41) is 9.73. The number of hydrogen-bond acceptors (Lipinski definition) is 3. The van der Waals surface area contributed by atoms with E-state index in [1.807, 2.05) is 48.5 Å². The molecule has 0 aromatic heterocycles. The van der Waals surface area contributed by atoms with Crippen LogP contribution in [0.2, 0.25) is 0 Å². The average molecular weight is 322 g/mol. The number of aromatic hydroxyl groups is 1. The van der Waals surface area contributed by atoms with Crippen molar-refractivity contribution in [1.29, 1.82) is 0 Å². The quantitative estimate of drug-likeness (QED) is 0.679. The topological polar surface area (TPSA) is 29.5 Å². The summed E-state index contributed by atoms with van der Waals surface area (Å²) in [6.45, 7) is 0.544. The largest absolute Gasteiger partial charge is 0.508 e. The van der Waals surface area contributed by atoms with Gasteiger partial charge < -0.3 is 9.84 Å². The predicted molar refractivity (Wildman–Crippen MR) is 94.3 cm³/mol. The van der Waals surface area contributed by atoms with Crippen LogP contribution in [-0.2, 0) is 6.42 Å². The molecule has 0 aliphatic carbocycles. The van der Waals surface area contributed by atoms with Crippen LogP contribution < -0.4 is 4.74 Å². The summed E-state index contributed by atoms with van der Waals surface area (Å²) < 4.78 is 5.75. The first-order valence-electron chi connectivity index (χ1n) is 7.54. The zero-order valence-corrected chi connectivity index (χ0v) is 13.5. The van der Waals surface area contributed by atoms with Crippen LogP contribution in [0.25, 0.3) is 0 Å². The van der Waals surface area contributed by atoms with Gasteiger partial charge in [0.2, 0.25) is 0 Å². The lowest BCUT2D eigenvalue weighted by molar-refractivity contribution is 0.319. The molecule has 0 heterocycles. The second-order valence-corrected chi connectivity index (χ2v) is 6.26. The molecule has 0 aliphatic heterocycles. The highest BCUT2D eigenvalue weighted by Crippen LogP contribution is 2.28. The highest BCUT2D eigenvalue weighted by Gasteiger charge is 2.01. The summed E-state index contributed by atoms with van der Waals surface area (Å²) in [7, 11) is 0. The summed E-state index contributed by atoms with van der Waals surface area (Å²) in [5.41, 5.74) is 0.906.